The molecule has 110 valence electrons. The van der Waals surface area contributed by atoms with Gasteiger partial charge in [0, 0.05) is 13.1 Å². The molecule has 2 aromatic rings. The van der Waals surface area contributed by atoms with E-state index >= 15 is 0 Å². The van der Waals surface area contributed by atoms with Gasteiger partial charge in [0.15, 0.2) is 17.5 Å². The molecule has 0 saturated heterocycles. The third kappa shape index (κ3) is 2.16. The molecule has 0 atom stereocenters. The van der Waals surface area contributed by atoms with E-state index in [9.17, 15) is 0 Å². The van der Waals surface area contributed by atoms with E-state index < -0.39 is 0 Å². The molecular formula is C12H16N8O. The maximum absolute atomic E-state index is 9.02. The topological polar surface area (TPSA) is 118 Å². The summed E-state index contributed by atoms with van der Waals surface area (Å²) in [7, 11) is 0. The SMILES string of the molecule is Cc1nnc(N2CCn3cnnc3C2)c(C(N)=NO)c1C. The zero-order chi connectivity index (χ0) is 15.0. The second kappa shape index (κ2) is 5.00. The van der Waals surface area contributed by atoms with Gasteiger partial charge in [-0.2, -0.15) is 5.10 Å². The lowest BCUT2D eigenvalue weighted by molar-refractivity contribution is 0.318. The summed E-state index contributed by atoms with van der Waals surface area (Å²) in [6, 6.07) is 0. The van der Waals surface area contributed by atoms with Crippen molar-refractivity contribution in [2.24, 2.45) is 10.9 Å². The number of aromatic nitrogens is 5. The lowest BCUT2D eigenvalue weighted by Gasteiger charge is -2.29. The maximum atomic E-state index is 9.02. The van der Waals surface area contributed by atoms with E-state index in [4.69, 9.17) is 10.9 Å². The Morgan fingerprint density at radius 3 is 2.86 bits per heavy atom. The van der Waals surface area contributed by atoms with Crippen molar-refractivity contribution < 1.29 is 5.21 Å². The molecule has 2 aromatic heterocycles. The molecule has 0 fully saturated rings. The van der Waals surface area contributed by atoms with Gasteiger partial charge < -0.3 is 20.4 Å². The summed E-state index contributed by atoms with van der Waals surface area (Å²) < 4.78 is 1.99. The first-order valence-electron chi connectivity index (χ1n) is 6.55. The molecule has 0 aliphatic carbocycles. The van der Waals surface area contributed by atoms with Crippen LogP contribution in [0.4, 0.5) is 5.82 Å². The molecule has 0 saturated carbocycles. The second-order valence-electron chi connectivity index (χ2n) is 4.96. The van der Waals surface area contributed by atoms with Crippen LogP contribution in [0, 0.1) is 13.8 Å². The Hall–Kier alpha value is -2.71. The van der Waals surface area contributed by atoms with Gasteiger partial charge in [0.05, 0.1) is 17.8 Å². The number of nitrogens with zero attached hydrogens (tertiary/aromatic N) is 7. The average molecular weight is 288 g/mol. The minimum Gasteiger partial charge on any atom is -0.409 e. The molecule has 21 heavy (non-hydrogen) atoms. The molecule has 0 radical (unpaired) electrons. The fourth-order valence-electron chi connectivity index (χ4n) is 2.42. The van der Waals surface area contributed by atoms with Gasteiger partial charge >= 0.3 is 0 Å². The Balaban J connectivity index is 2.05. The van der Waals surface area contributed by atoms with Crippen LogP contribution in [0.2, 0.25) is 0 Å². The van der Waals surface area contributed by atoms with Crippen molar-refractivity contribution in [2.75, 3.05) is 11.4 Å². The Bertz CT molecular complexity index is 707. The molecule has 9 nitrogen and oxygen atoms in total. The summed E-state index contributed by atoms with van der Waals surface area (Å²) in [5.74, 6) is 1.49. The van der Waals surface area contributed by atoms with Crippen LogP contribution in [0.25, 0.3) is 0 Å². The number of amidine groups is 1. The van der Waals surface area contributed by atoms with E-state index in [2.05, 4.69) is 25.6 Å². The van der Waals surface area contributed by atoms with E-state index in [1.165, 1.54) is 0 Å². The van der Waals surface area contributed by atoms with Crippen molar-refractivity contribution in [3.05, 3.63) is 29.0 Å². The average Bonchev–Trinajstić information content (AvgIpc) is 2.96. The molecular weight excluding hydrogens is 272 g/mol. The number of aryl methyl sites for hydroxylation is 1. The smallest absolute Gasteiger partial charge is 0.174 e. The van der Waals surface area contributed by atoms with Crippen molar-refractivity contribution in [3.63, 3.8) is 0 Å². The zero-order valence-electron chi connectivity index (χ0n) is 11.9. The predicted molar refractivity (Wildman–Crippen MR) is 75.1 cm³/mol. The maximum Gasteiger partial charge on any atom is 0.174 e. The summed E-state index contributed by atoms with van der Waals surface area (Å²) in [4.78, 5) is 2.01. The van der Waals surface area contributed by atoms with Crippen LogP contribution in [-0.4, -0.2) is 42.5 Å². The van der Waals surface area contributed by atoms with Gasteiger partial charge in [-0.3, -0.25) is 0 Å². The summed E-state index contributed by atoms with van der Waals surface area (Å²) in [6.07, 6.45) is 1.71. The van der Waals surface area contributed by atoms with E-state index in [0.717, 1.165) is 30.2 Å². The van der Waals surface area contributed by atoms with Crippen LogP contribution in [0.1, 0.15) is 22.6 Å². The minimum atomic E-state index is 0.0348. The molecule has 0 bridgehead atoms. The fraction of sp³-hybridized carbons (Fsp3) is 0.417. The lowest BCUT2D eigenvalue weighted by atomic mass is 10.1. The summed E-state index contributed by atoms with van der Waals surface area (Å²) in [5, 5.41) is 28.5. The third-order valence-corrected chi connectivity index (χ3v) is 3.74. The number of anilines is 1. The summed E-state index contributed by atoms with van der Waals surface area (Å²) in [5.41, 5.74) is 8.03. The van der Waals surface area contributed by atoms with Crippen LogP contribution >= 0.6 is 0 Å². The van der Waals surface area contributed by atoms with Gasteiger partial charge in [0.2, 0.25) is 0 Å². The molecule has 3 rings (SSSR count). The van der Waals surface area contributed by atoms with Crippen molar-refractivity contribution >= 4 is 11.7 Å². The van der Waals surface area contributed by atoms with E-state index in [-0.39, 0.29) is 5.84 Å². The normalized spacial score (nSPS) is 15.1. The van der Waals surface area contributed by atoms with Crippen LogP contribution in [-0.2, 0) is 13.1 Å². The van der Waals surface area contributed by atoms with Gasteiger partial charge in [-0.05, 0) is 19.4 Å². The first-order valence-corrected chi connectivity index (χ1v) is 6.55. The van der Waals surface area contributed by atoms with Crippen molar-refractivity contribution in [1.29, 1.82) is 0 Å². The van der Waals surface area contributed by atoms with Gasteiger partial charge in [-0.25, -0.2) is 0 Å². The molecule has 0 unspecified atom stereocenters. The summed E-state index contributed by atoms with van der Waals surface area (Å²) in [6.45, 7) is 5.77. The van der Waals surface area contributed by atoms with E-state index in [0.29, 0.717) is 17.9 Å². The summed E-state index contributed by atoms with van der Waals surface area (Å²) >= 11 is 0. The van der Waals surface area contributed by atoms with E-state index in [1.54, 1.807) is 6.33 Å². The standard InChI is InChI=1S/C12H16N8O/c1-7-8(2)15-17-12(10(7)11(13)18-21)19-3-4-20-6-14-16-9(20)5-19/h6,21H,3-5H2,1-2H3,(H2,13,18). The highest BCUT2D eigenvalue weighted by Crippen LogP contribution is 2.24. The van der Waals surface area contributed by atoms with Gasteiger partial charge in [-0.15, -0.1) is 15.3 Å². The molecule has 0 amide bonds. The molecule has 3 heterocycles. The molecule has 1 aliphatic heterocycles. The van der Waals surface area contributed by atoms with Gasteiger partial charge in [0.25, 0.3) is 0 Å². The highest BCUT2D eigenvalue weighted by molar-refractivity contribution is 6.02. The van der Waals surface area contributed by atoms with Crippen LogP contribution in [0.5, 0.6) is 0 Å². The predicted octanol–water partition coefficient (Wildman–Crippen LogP) is -0.200. The van der Waals surface area contributed by atoms with Crippen LogP contribution < -0.4 is 10.6 Å². The number of hydrogen-bond acceptors (Lipinski definition) is 7. The monoisotopic (exact) mass is 288 g/mol. The minimum absolute atomic E-state index is 0.0348. The largest absolute Gasteiger partial charge is 0.409 e. The zero-order valence-corrected chi connectivity index (χ0v) is 11.9. The molecule has 1 aliphatic rings. The van der Waals surface area contributed by atoms with Crippen molar-refractivity contribution in [3.8, 4) is 0 Å². The number of nitrogens with two attached hydrogens (primary N) is 1. The first-order chi connectivity index (χ1) is 10.1. The number of oxime groups is 1. The van der Waals surface area contributed by atoms with Crippen molar-refractivity contribution in [1.82, 2.24) is 25.0 Å². The Labute approximate surface area is 121 Å². The quantitative estimate of drug-likeness (QED) is 0.340. The Kier molecular flexibility index (Phi) is 3.16. The Morgan fingerprint density at radius 2 is 2.10 bits per heavy atom. The lowest BCUT2D eigenvalue weighted by Crippen LogP contribution is -2.36. The fourth-order valence-corrected chi connectivity index (χ4v) is 2.42. The third-order valence-electron chi connectivity index (χ3n) is 3.74. The van der Waals surface area contributed by atoms with Crippen LogP contribution in [0.15, 0.2) is 11.5 Å². The highest BCUT2D eigenvalue weighted by Gasteiger charge is 2.24. The van der Waals surface area contributed by atoms with Crippen molar-refractivity contribution in [2.45, 2.75) is 26.9 Å². The number of fused-ring (bicyclic) bond motifs is 1. The molecule has 9 heteroatoms. The van der Waals surface area contributed by atoms with Gasteiger partial charge in [0.1, 0.15) is 6.33 Å². The Morgan fingerprint density at radius 1 is 1.29 bits per heavy atom. The number of hydrogen-bond donors (Lipinski definition) is 2. The molecule has 0 spiro atoms. The molecule has 3 N–H and O–H groups in total. The second-order valence-corrected chi connectivity index (χ2v) is 4.96. The first kappa shape index (κ1) is 13.3. The van der Waals surface area contributed by atoms with Crippen LogP contribution in [0.3, 0.4) is 0 Å². The molecule has 0 aromatic carbocycles. The van der Waals surface area contributed by atoms with Gasteiger partial charge in [-0.1, -0.05) is 5.16 Å². The van der Waals surface area contributed by atoms with E-state index in [1.807, 2.05) is 23.3 Å². The number of rotatable bonds is 2. The highest BCUT2D eigenvalue weighted by atomic mass is 16.4.